The van der Waals surface area contributed by atoms with E-state index in [1.165, 1.54) is 0 Å². The van der Waals surface area contributed by atoms with Gasteiger partial charge in [-0.15, -0.1) is 0 Å². The summed E-state index contributed by atoms with van der Waals surface area (Å²) in [4.78, 5) is 0. The van der Waals surface area contributed by atoms with Gasteiger partial charge in [-0.05, 0) is 6.92 Å². The van der Waals surface area contributed by atoms with Gasteiger partial charge in [0.2, 0.25) is 0 Å². The van der Waals surface area contributed by atoms with Crippen molar-refractivity contribution in [3.8, 4) is 0 Å². The standard InChI is InChI=1S/C5H11O2.Li/c1-3-7-5-4-6-2;/h2-5H2,1H3;/q-1;+1. The minimum atomic E-state index is 0. The molecular formula is C5H11LiO2. The molecule has 0 bridgehead atoms. The molecule has 0 spiro atoms. The van der Waals surface area contributed by atoms with Crippen molar-refractivity contribution in [2.24, 2.45) is 0 Å². The van der Waals surface area contributed by atoms with Crippen LogP contribution >= 0.6 is 0 Å². The van der Waals surface area contributed by atoms with Crippen LogP contribution in [0.2, 0.25) is 0 Å². The average molecular weight is 110 g/mol. The molecule has 44 valence electrons. The third-order valence-electron chi connectivity index (χ3n) is 0.576. The summed E-state index contributed by atoms with van der Waals surface area (Å²) in [6.07, 6.45) is 0. The van der Waals surface area contributed by atoms with E-state index in [1.807, 2.05) is 6.92 Å². The number of hydrogen-bond donors (Lipinski definition) is 0. The topological polar surface area (TPSA) is 18.5 Å². The first-order valence-electron chi connectivity index (χ1n) is 2.36. The number of ether oxygens (including phenoxy) is 2. The maximum absolute atomic E-state index is 4.91. The van der Waals surface area contributed by atoms with Crippen LogP contribution in [0.5, 0.6) is 0 Å². The van der Waals surface area contributed by atoms with E-state index >= 15 is 0 Å². The zero-order chi connectivity index (χ0) is 5.54. The minimum absolute atomic E-state index is 0. The Hall–Kier alpha value is 0.517. The fourth-order valence-corrected chi connectivity index (χ4v) is 0.262. The minimum Gasteiger partial charge on any atom is -0.553 e. The average Bonchev–Trinajstić information content (AvgIpc) is 1.69. The monoisotopic (exact) mass is 110 g/mol. The predicted octanol–water partition coefficient (Wildman–Crippen LogP) is -2.16. The Morgan fingerprint density at radius 2 is 2.00 bits per heavy atom. The van der Waals surface area contributed by atoms with Crippen molar-refractivity contribution in [3.05, 3.63) is 7.11 Å². The van der Waals surface area contributed by atoms with Crippen LogP contribution in [0.3, 0.4) is 0 Å². The van der Waals surface area contributed by atoms with Gasteiger partial charge in [-0.1, -0.05) is 0 Å². The second-order valence-corrected chi connectivity index (χ2v) is 1.11. The third kappa shape index (κ3) is 9.72. The van der Waals surface area contributed by atoms with Gasteiger partial charge in [-0.25, -0.2) is 7.11 Å². The van der Waals surface area contributed by atoms with Crippen molar-refractivity contribution in [1.82, 2.24) is 0 Å². The fourth-order valence-electron chi connectivity index (χ4n) is 0.262. The summed E-state index contributed by atoms with van der Waals surface area (Å²) >= 11 is 0. The molecule has 0 aliphatic rings. The number of rotatable bonds is 4. The molecule has 0 aromatic rings. The van der Waals surface area contributed by atoms with Crippen molar-refractivity contribution >= 4 is 0 Å². The second-order valence-electron chi connectivity index (χ2n) is 1.11. The molecule has 0 fully saturated rings. The Kier molecular flexibility index (Phi) is 14.9. The van der Waals surface area contributed by atoms with Crippen LogP contribution < -0.4 is 18.9 Å². The molecule has 0 amide bonds. The van der Waals surface area contributed by atoms with Gasteiger partial charge >= 0.3 is 18.9 Å². The number of hydrogen-bond acceptors (Lipinski definition) is 2. The van der Waals surface area contributed by atoms with Crippen molar-refractivity contribution in [3.63, 3.8) is 0 Å². The van der Waals surface area contributed by atoms with Gasteiger partial charge in [0.15, 0.2) is 0 Å². The molecule has 0 saturated carbocycles. The van der Waals surface area contributed by atoms with Gasteiger partial charge in [0.25, 0.3) is 0 Å². The Morgan fingerprint density at radius 3 is 2.38 bits per heavy atom. The van der Waals surface area contributed by atoms with Crippen molar-refractivity contribution in [1.29, 1.82) is 0 Å². The summed E-state index contributed by atoms with van der Waals surface area (Å²) in [5, 5.41) is 0. The first-order chi connectivity index (χ1) is 3.41. The predicted molar refractivity (Wildman–Crippen MR) is 27.8 cm³/mol. The molecule has 0 radical (unpaired) electrons. The van der Waals surface area contributed by atoms with E-state index in [9.17, 15) is 0 Å². The van der Waals surface area contributed by atoms with Crippen LogP contribution in [0, 0.1) is 7.11 Å². The van der Waals surface area contributed by atoms with Crippen LogP contribution in [-0.2, 0) is 9.47 Å². The normalized spacial score (nSPS) is 8.25. The molecule has 8 heavy (non-hydrogen) atoms. The molecule has 3 heteroatoms. The maximum Gasteiger partial charge on any atom is 1.00 e. The fraction of sp³-hybridized carbons (Fsp3) is 0.800. The van der Waals surface area contributed by atoms with Gasteiger partial charge in [0.1, 0.15) is 0 Å². The summed E-state index contributed by atoms with van der Waals surface area (Å²) in [6.45, 7) is 3.94. The van der Waals surface area contributed by atoms with Gasteiger partial charge < -0.3 is 9.47 Å². The summed E-state index contributed by atoms with van der Waals surface area (Å²) in [6, 6.07) is 0. The van der Waals surface area contributed by atoms with Gasteiger partial charge in [0.05, 0.1) is 6.61 Å². The van der Waals surface area contributed by atoms with Gasteiger partial charge in [0, 0.05) is 13.2 Å². The van der Waals surface area contributed by atoms with E-state index in [0.717, 1.165) is 6.61 Å². The van der Waals surface area contributed by atoms with E-state index < -0.39 is 0 Å². The van der Waals surface area contributed by atoms with Crippen molar-refractivity contribution in [2.75, 3.05) is 19.8 Å². The molecule has 0 rings (SSSR count). The van der Waals surface area contributed by atoms with E-state index in [-0.39, 0.29) is 18.9 Å². The second kappa shape index (κ2) is 10.5. The molecule has 0 aliphatic carbocycles. The Labute approximate surface area is 62.7 Å². The Morgan fingerprint density at radius 1 is 1.38 bits per heavy atom. The summed E-state index contributed by atoms with van der Waals surface area (Å²) < 4.78 is 9.38. The van der Waals surface area contributed by atoms with Crippen LogP contribution in [0.15, 0.2) is 0 Å². The molecule has 0 unspecified atom stereocenters. The van der Waals surface area contributed by atoms with Crippen LogP contribution in [0.25, 0.3) is 0 Å². The van der Waals surface area contributed by atoms with E-state index in [0.29, 0.717) is 13.2 Å². The molecular weight excluding hydrogens is 99.0 g/mol. The van der Waals surface area contributed by atoms with Crippen molar-refractivity contribution < 1.29 is 28.3 Å². The molecule has 2 nitrogen and oxygen atoms in total. The molecule has 0 atom stereocenters. The van der Waals surface area contributed by atoms with Crippen LogP contribution in [0.1, 0.15) is 6.92 Å². The van der Waals surface area contributed by atoms with E-state index in [2.05, 4.69) is 11.8 Å². The summed E-state index contributed by atoms with van der Waals surface area (Å²) in [7, 11) is 3.18. The summed E-state index contributed by atoms with van der Waals surface area (Å²) in [5.41, 5.74) is 0. The van der Waals surface area contributed by atoms with E-state index in [1.54, 1.807) is 0 Å². The maximum atomic E-state index is 4.91. The van der Waals surface area contributed by atoms with E-state index in [4.69, 9.17) is 4.74 Å². The summed E-state index contributed by atoms with van der Waals surface area (Å²) in [5.74, 6) is 0. The molecule has 0 aromatic heterocycles. The first-order valence-corrected chi connectivity index (χ1v) is 2.36. The van der Waals surface area contributed by atoms with Crippen molar-refractivity contribution in [2.45, 2.75) is 6.92 Å². The van der Waals surface area contributed by atoms with Gasteiger partial charge in [-0.2, -0.15) is 0 Å². The third-order valence-corrected chi connectivity index (χ3v) is 0.576. The largest absolute Gasteiger partial charge is 1.00 e. The molecule has 0 heterocycles. The zero-order valence-corrected chi connectivity index (χ0v) is 5.64. The SMILES string of the molecule is [CH2-]OCCOCC.[Li+]. The Bertz CT molecular complexity index is 29.6. The molecule has 0 aliphatic heterocycles. The van der Waals surface area contributed by atoms with Crippen LogP contribution in [0.4, 0.5) is 0 Å². The zero-order valence-electron chi connectivity index (χ0n) is 5.64. The van der Waals surface area contributed by atoms with Crippen LogP contribution in [-0.4, -0.2) is 19.8 Å². The smallest absolute Gasteiger partial charge is 0.553 e. The molecule has 0 saturated heterocycles. The molecule has 0 aromatic carbocycles. The quantitative estimate of drug-likeness (QED) is 0.233. The Balaban J connectivity index is 0. The van der Waals surface area contributed by atoms with Gasteiger partial charge in [-0.3, -0.25) is 0 Å². The first kappa shape index (κ1) is 11.3. The molecule has 0 N–H and O–H groups in total.